The molecule has 0 unspecified atom stereocenters. The van der Waals surface area contributed by atoms with E-state index in [1.165, 1.54) is 12.1 Å². The quantitative estimate of drug-likeness (QED) is 0.776. The van der Waals surface area contributed by atoms with Gasteiger partial charge in [0.2, 0.25) is 0 Å². The summed E-state index contributed by atoms with van der Waals surface area (Å²) in [7, 11) is -4.11. The minimum atomic E-state index is -4.11. The SMILES string of the molecule is O=S(=O)(O)c1ccc(-n2ccnc2)cc1. The number of hydrogen-bond donors (Lipinski definition) is 1. The van der Waals surface area contributed by atoms with Crippen LogP contribution in [0.4, 0.5) is 0 Å². The van der Waals surface area contributed by atoms with Gasteiger partial charge in [-0.25, -0.2) is 4.98 Å². The molecular weight excluding hydrogens is 216 g/mol. The minimum Gasteiger partial charge on any atom is -0.306 e. The lowest BCUT2D eigenvalue weighted by molar-refractivity contribution is 0.483. The van der Waals surface area contributed by atoms with Crippen molar-refractivity contribution in [3.63, 3.8) is 0 Å². The van der Waals surface area contributed by atoms with Crippen LogP contribution < -0.4 is 0 Å². The van der Waals surface area contributed by atoms with E-state index in [-0.39, 0.29) is 4.90 Å². The zero-order valence-corrected chi connectivity index (χ0v) is 8.42. The molecule has 0 spiro atoms. The van der Waals surface area contributed by atoms with Crippen molar-refractivity contribution in [3.05, 3.63) is 43.0 Å². The van der Waals surface area contributed by atoms with E-state index in [1.54, 1.807) is 35.4 Å². The largest absolute Gasteiger partial charge is 0.306 e. The fourth-order valence-electron chi connectivity index (χ4n) is 1.20. The Morgan fingerprint density at radius 3 is 2.33 bits per heavy atom. The summed E-state index contributed by atoms with van der Waals surface area (Å²) in [5, 5.41) is 0. The molecule has 1 aromatic carbocycles. The van der Waals surface area contributed by atoms with Gasteiger partial charge in [0.25, 0.3) is 10.1 Å². The Hall–Kier alpha value is -1.66. The molecule has 2 rings (SSSR count). The lowest BCUT2D eigenvalue weighted by atomic mass is 10.3. The number of hydrogen-bond acceptors (Lipinski definition) is 3. The van der Waals surface area contributed by atoms with Crippen LogP contribution in [0.25, 0.3) is 5.69 Å². The molecule has 78 valence electrons. The first-order valence-electron chi connectivity index (χ1n) is 4.13. The Morgan fingerprint density at radius 2 is 1.87 bits per heavy atom. The molecular formula is C9H8N2O3S. The number of nitrogens with zero attached hydrogens (tertiary/aromatic N) is 2. The molecule has 0 bridgehead atoms. The Morgan fingerprint density at radius 1 is 1.20 bits per heavy atom. The van der Waals surface area contributed by atoms with Crippen molar-refractivity contribution in [2.75, 3.05) is 0 Å². The highest BCUT2D eigenvalue weighted by Gasteiger charge is 2.08. The van der Waals surface area contributed by atoms with Crippen LogP contribution in [0, 0.1) is 0 Å². The van der Waals surface area contributed by atoms with Crippen LogP contribution in [0.5, 0.6) is 0 Å². The number of benzene rings is 1. The first-order valence-corrected chi connectivity index (χ1v) is 5.57. The Kier molecular flexibility index (Phi) is 2.29. The van der Waals surface area contributed by atoms with Crippen molar-refractivity contribution in [1.29, 1.82) is 0 Å². The fraction of sp³-hybridized carbons (Fsp3) is 0. The molecule has 2 aromatic rings. The maximum atomic E-state index is 10.8. The van der Waals surface area contributed by atoms with Gasteiger partial charge in [-0.05, 0) is 24.3 Å². The summed E-state index contributed by atoms with van der Waals surface area (Å²) in [4.78, 5) is 3.75. The van der Waals surface area contributed by atoms with E-state index < -0.39 is 10.1 Å². The average Bonchev–Trinajstić information content (AvgIpc) is 2.69. The van der Waals surface area contributed by atoms with Crippen LogP contribution >= 0.6 is 0 Å². The number of aromatic nitrogens is 2. The first kappa shape index (κ1) is 9.88. The summed E-state index contributed by atoms with van der Waals surface area (Å²) in [5.41, 5.74) is 0.778. The third-order valence-corrected chi connectivity index (χ3v) is 2.81. The van der Waals surface area contributed by atoms with Crippen LogP contribution in [-0.2, 0) is 10.1 Å². The second-order valence-electron chi connectivity index (χ2n) is 2.94. The Labute approximate surface area is 86.8 Å². The smallest absolute Gasteiger partial charge is 0.294 e. The van der Waals surface area contributed by atoms with E-state index in [0.29, 0.717) is 0 Å². The fourth-order valence-corrected chi connectivity index (χ4v) is 1.68. The topological polar surface area (TPSA) is 72.2 Å². The highest BCUT2D eigenvalue weighted by Crippen LogP contribution is 2.12. The van der Waals surface area contributed by atoms with E-state index in [9.17, 15) is 8.42 Å². The second-order valence-corrected chi connectivity index (χ2v) is 4.36. The van der Waals surface area contributed by atoms with Gasteiger partial charge in [-0.15, -0.1) is 0 Å². The van der Waals surface area contributed by atoms with Crippen LogP contribution in [0.3, 0.4) is 0 Å². The molecule has 1 aromatic heterocycles. The first-order chi connectivity index (χ1) is 7.07. The Bertz CT molecular complexity index is 544. The van der Waals surface area contributed by atoms with Crippen molar-refractivity contribution in [3.8, 4) is 5.69 Å². The maximum absolute atomic E-state index is 10.8. The molecule has 0 radical (unpaired) electrons. The van der Waals surface area contributed by atoms with E-state index in [1.807, 2.05) is 0 Å². The normalized spacial score (nSPS) is 11.5. The van der Waals surface area contributed by atoms with E-state index in [0.717, 1.165) is 5.69 Å². The van der Waals surface area contributed by atoms with E-state index >= 15 is 0 Å². The van der Waals surface area contributed by atoms with Gasteiger partial charge < -0.3 is 4.57 Å². The van der Waals surface area contributed by atoms with Crippen molar-refractivity contribution in [2.45, 2.75) is 4.90 Å². The molecule has 1 N–H and O–H groups in total. The van der Waals surface area contributed by atoms with Crippen molar-refractivity contribution >= 4 is 10.1 Å². The monoisotopic (exact) mass is 224 g/mol. The lowest BCUT2D eigenvalue weighted by Gasteiger charge is -2.02. The highest BCUT2D eigenvalue weighted by atomic mass is 32.2. The molecule has 0 aliphatic rings. The van der Waals surface area contributed by atoms with Gasteiger partial charge in [0, 0.05) is 18.1 Å². The zero-order chi connectivity index (χ0) is 10.9. The van der Waals surface area contributed by atoms with Gasteiger partial charge in [0.1, 0.15) is 0 Å². The molecule has 6 heteroatoms. The summed E-state index contributed by atoms with van der Waals surface area (Å²) in [6, 6.07) is 5.85. The van der Waals surface area contributed by atoms with Crippen molar-refractivity contribution in [2.24, 2.45) is 0 Å². The highest BCUT2D eigenvalue weighted by molar-refractivity contribution is 7.85. The average molecular weight is 224 g/mol. The molecule has 1 heterocycles. The van der Waals surface area contributed by atoms with Crippen molar-refractivity contribution < 1.29 is 13.0 Å². The molecule has 0 fully saturated rings. The van der Waals surface area contributed by atoms with Gasteiger partial charge in [0.05, 0.1) is 11.2 Å². The molecule has 0 aliphatic carbocycles. The van der Waals surface area contributed by atoms with Gasteiger partial charge in [-0.3, -0.25) is 4.55 Å². The van der Waals surface area contributed by atoms with Crippen LogP contribution in [0.2, 0.25) is 0 Å². The van der Waals surface area contributed by atoms with Gasteiger partial charge >= 0.3 is 0 Å². The predicted molar refractivity (Wildman–Crippen MR) is 53.4 cm³/mol. The van der Waals surface area contributed by atoms with Gasteiger partial charge in [-0.2, -0.15) is 8.42 Å². The molecule has 15 heavy (non-hydrogen) atoms. The van der Waals surface area contributed by atoms with Crippen LogP contribution in [0.1, 0.15) is 0 Å². The summed E-state index contributed by atoms with van der Waals surface area (Å²) >= 11 is 0. The number of imidazole rings is 1. The predicted octanol–water partition coefficient (Wildman–Crippen LogP) is 1.12. The zero-order valence-electron chi connectivity index (χ0n) is 7.61. The molecule has 0 atom stereocenters. The molecule has 0 aliphatic heterocycles. The summed E-state index contributed by atoms with van der Waals surface area (Å²) in [6.45, 7) is 0. The lowest BCUT2D eigenvalue weighted by Crippen LogP contribution is -1.98. The third-order valence-electron chi connectivity index (χ3n) is 1.94. The molecule has 0 saturated carbocycles. The van der Waals surface area contributed by atoms with Crippen molar-refractivity contribution in [1.82, 2.24) is 9.55 Å². The Balaban J connectivity index is 2.42. The molecule has 0 amide bonds. The van der Waals surface area contributed by atoms with Gasteiger partial charge in [-0.1, -0.05) is 0 Å². The second kappa shape index (κ2) is 3.48. The van der Waals surface area contributed by atoms with Gasteiger partial charge in [0.15, 0.2) is 0 Å². The molecule has 0 saturated heterocycles. The van der Waals surface area contributed by atoms with Crippen LogP contribution in [-0.4, -0.2) is 22.5 Å². The maximum Gasteiger partial charge on any atom is 0.294 e. The van der Waals surface area contributed by atoms with E-state index in [4.69, 9.17) is 4.55 Å². The molecule has 5 nitrogen and oxygen atoms in total. The third kappa shape index (κ3) is 2.05. The van der Waals surface area contributed by atoms with Crippen LogP contribution in [0.15, 0.2) is 47.9 Å². The standard InChI is InChI=1S/C9H8N2O3S/c12-15(13,14)9-3-1-8(2-4-9)11-6-5-10-7-11/h1-7H,(H,12,13,14). The summed E-state index contributed by atoms with van der Waals surface area (Å²) in [5.74, 6) is 0. The van der Waals surface area contributed by atoms with E-state index in [2.05, 4.69) is 4.98 Å². The summed E-state index contributed by atoms with van der Waals surface area (Å²) < 4.78 is 32.0. The minimum absolute atomic E-state index is 0.119. The number of rotatable bonds is 2. The summed E-state index contributed by atoms with van der Waals surface area (Å²) in [6.07, 6.45) is 4.96.